The Morgan fingerprint density at radius 1 is 1.35 bits per heavy atom. The van der Waals surface area contributed by atoms with Gasteiger partial charge >= 0.3 is 0 Å². The second-order valence-electron chi connectivity index (χ2n) is 5.04. The molecule has 0 spiro atoms. The molecule has 112 valence electrons. The van der Waals surface area contributed by atoms with E-state index in [9.17, 15) is 8.42 Å². The highest BCUT2D eigenvalue weighted by Crippen LogP contribution is 2.32. The Labute approximate surface area is 129 Å². The van der Waals surface area contributed by atoms with Crippen LogP contribution in [0.3, 0.4) is 0 Å². The molecule has 0 radical (unpaired) electrons. The van der Waals surface area contributed by atoms with Crippen LogP contribution in [-0.2, 0) is 10.0 Å². The average Bonchev–Trinajstić information content (AvgIpc) is 2.92. The van der Waals surface area contributed by atoms with Gasteiger partial charge < -0.3 is 11.1 Å². The Bertz CT molecular complexity index is 598. The number of fused-ring (bicyclic) bond motifs is 1. The summed E-state index contributed by atoms with van der Waals surface area (Å²) in [6.45, 7) is 2.82. The van der Waals surface area contributed by atoms with E-state index in [4.69, 9.17) is 17.3 Å². The first-order valence-corrected chi connectivity index (χ1v) is 7.92. The van der Waals surface area contributed by atoms with E-state index in [1.165, 1.54) is 16.6 Å². The van der Waals surface area contributed by atoms with Crippen LogP contribution in [0.2, 0.25) is 5.02 Å². The minimum atomic E-state index is -3.60. The molecule has 3 heterocycles. The zero-order chi connectivity index (χ0) is 13.6. The summed E-state index contributed by atoms with van der Waals surface area (Å²) in [4.78, 5) is 3.82. The van der Waals surface area contributed by atoms with Crippen LogP contribution in [0.25, 0.3) is 0 Å². The zero-order valence-corrected chi connectivity index (χ0v) is 13.0. The van der Waals surface area contributed by atoms with Gasteiger partial charge in [-0.15, -0.1) is 12.4 Å². The van der Waals surface area contributed by atoms with E-state index in [0.29, 0.717) is 24.9 Å². The molecule has 1 aromatic heterocycles. The van der Waals surface area contributed by atoms with E-state index in [1.54, 1.807) is 0 Å². The van der Waals surface area contributed by atoms with Crippen molar-refractivity contribution in [1.82, 2.24) is 14.6 Å². The van der Waals surface area contributed by atoms with Gasteiger partial charge in [-0.2, -0.15) is 4.31 Å². The maximum absolute atomic E-state index is 12.6. The molecule has 2 saturated heterocycles. The predicted molar refractivity (Wildman–Crippen MR) is 79.5 cm³/mol. The van der Waals surface area contributed by atoms with Crippen molar-refractivity contribution in [3.8, 4) is 0 Å². The standard InChI is InChI=1S/C11H15ClN4O2S.ClH/c12-9-1-10(11(13)15-4-9)19(17,18)16-5-7-2-14-3-8(7)6-16;/h1,4,7-8,14H,2-3,5-6H2,(H2,13,15);1H/t7-,8+;. The topological polar surface area (TPSA) is 88.3 Å². The molecule has 3 rings (SSSR count). The summed E-state index contributed by atoms with van der Waals surface area (Å²) in [6, 6.07) is 1.37. The number of sulfonamides is 1. The van der Waals surface area contributed by atoms with E-state index in [2.05, 4.69) is 10.3 Å². The van der Waals surface area contributed by atoms with Crippen molar-refractivity contribution in [2.75, 3.05) is 31.9 Å². The van der Waals surface area contributed by atoms with Gasteiger partial charge in [-0.3, -0.25) is 0 Å². The number of aromatic nitrogens is 1. The summed E-state index contributed by atoms with van der Waals surface area (Å²) in [5.41, 5.74) is 5.67. The monoisotopic (exact) mass is 338 g/mol. The molecule has 9 heteroatoms. The Morgan fingerprint density at radius 3 is 2.55 bits per heavy atom. The van der Waals surface area contributed by atoms with Gasteiger partial charge in [0, 0.05) is 19.3 Å². The number of nitrogens with one attached hydrogen (secondary N) is 1. The van der Waals surface area contributed by atoms with Crippen LogP contribution in [0.15, 0.2) is 17.2 Å². The Hall–Kier alpha value is -0.600. The lowest BCUT2D eigenvalue weighted by Crippen LogP contribution is -2.32. The third kappa shape index (κ3) is 2.60. The van der Waals surface area contributed by atoms with Crippen molar-refractivity contribution >= 4 is 39.8 Å². The molecule has 2 aliphatic rings. The molecule has 0 amide bonds. The number of halogens is 2. The molecule has 0 aromatic carbocycles. The summed E-state index contributed by atoms with van der Waals surface area (Å²) in [5.74, 6) is 0.783. The van der Waals surface area contributed by atoms with E-state index >= 15 is 0 Å². The van der Waals surface area contributed by atoms with Crippen LogP contribution >= 0.6 is 24.0 Å². The third-order valence-electron chi connectivity index (χ3n) is 3.82. The van der Waals surface area contributed by atoms with Crippen LogP contribution < -0.4 is 11.1 Å². The minimum absolute atomic E-state index is 0. The predicted octanol–water partition coefficient (Wildman–Crippen LogP) is 0.579. The largest absolute Gasteiger partial charge is 0.383 e. The number of nitrogens with two attached hydrogens (primary N) is 1. The van der Waals surface area contributed by atoms with Crippen molar-refractivity contribution in [2.24, 2.45) is 11.8 Å². The van der Waals surface area contributed by atoms with Gasteiger partial charge in [0.05, 0.1) is 5.02 Å². The molecule has 0 unspecified atom stereocenters. The highest BCUT2D eigenvalue weighted by molar-refractivity contribution is 7.89. The first kappa shape index (κ1) is 15.8. The molecule has 3 N–H and O–H groups in total. The number of rotatable bonds is 2. The van der Waals surface area contributed by atoms with Crippen molar-refractivity contribution in [3.05, 3.63) is 17.3 Å². The molecular weight excluding hydrogens is 323 g/mol. The molecule has 1 aromatic rings. The maximum atomic E-state index is 12.6. The van der Waals surface area contributed by atoms with Crippen LogP contribution in [0.4, 0.5) is 5.82 Å². The fourth-order valence-electron chi connectivity index (χ4n) is 2.79. The quantitative estimate of drug-likeness (QED) is 0.823. The van der Waals surface area contributed by atoms with Crippen molar-refractivity contribution in [2.45, 2.75) is 4.90 Å². The highest BCUT2D eigenvalue weighted by atomic mass is 35.5. The third-order valence-corrected chi connectivity index (χ3v) is 5.89. The second-order valence-corrected chi connectivity index (χ2v) is 7.38. The lowest BCUT2D eigenvalue weighted by atomic mass is 10.0. The van der Waals surface area contributed by atoms with Gasteiger partial charge in [-0.25, -0.2) is 13.4 Å². The smallest absolute Gasteiger partial charge is 0.246 e. The molecule has 0 saturated carbocycles. The van der Waals surface area contributed by atoms with E-state index in [0.717, 1.165) is 13.1 Å². The Balaban J connectivity index is 0.00000147. The van der Waals surface area contributed by atoms with Crippen molar-refractivity contribution in [1.29, 1.82) is 0 Å². The fraction of sp³-hybridized carbons (Fsp3) is 0.545. The average molecular weight is 339 g/mol. The first-order valence-electron chi connectivity index (χ1n) is 6.10. The molecule has 2 aliphatic heterocycles. The van der Waals surface area contributed by atoms with Gasteiger partial charge in [0.1, 0.15) is 10.7 Å². The van der Waals surface area contributed by atoms with Gasteiger partial charge in [0.25, 0.3) is 0 Å². The lowest BCUT2D eigenvalue weighted by Gasteiger charge is -2.18. The molecule has 2 fully saturated rings. The van der Waals surface area contributed by atoms with Gasteiger partial charge in [-0.05, 0) is 31.0 Å². The number of pyridine rings is 1. The molecular formula is C11H16Cl2N4O2S. The number of nitrogens with zero attached hydrogens (tertiary/aromatic N) is 2. The van der Waals surface area contributed by atoms with E-state index in [1.807, 2.05) is 0 Å². The van der Waals surface area contributed by atoms with Crippen LogP contribution in [0, 0.1) is 11.8 Å². The van der Waals surface area contributed by atoms with Crippen molar-refractivity contribution < 1.29 is 8.42 Å². The molecule has 6 nitrogen and oxygen atoms in total. The number of anilines is 1. The maximum Gasteiger partial charge on any atom is 0.246 e. The summed E-state index contributed by atoms with van der Waals surface area (Å²) in [5, 5.41) is 3.55. The second kappa shape index (κ2) is 5.65. The summed E-state index contributed by atoms with van der Waals surface area (Å²) < 4.78 is 26.6. The number of nitrogen functional groups attached to an aromatic ring is 1. The summed E-state index contributed by atoms with van der Waals surface area (Å²) in [6.07, 6.45) is 1.35. The Morgan fingerprint density at radius 2 is 1.95 bits per heavy atom. The van der Waals surface area contributed by atoms with Gasteiger partial charge in [0.15, 0.2) is 0 Å². The molecule has 2 atom stereocenters. The summed E-state index contributed by atoms with van der Waals surface area (Å²) in [7, 11) is -3.60. The number of hydrogen-bond acceptors (Lipinski definition) is 5. The first-order chi connectivity index (χ1) is 8.98. The van der Waals surface area contributed by atoms with E-state index < -0.39 is 10.0 Å². The van der Waals surface area contributed by atoms with Crippen molar-refractivity contribution in [3.63, 3.8) is 0 Å². The summed E-state index contributed by atoms with van der Waals surface area (Å²) >= 11 is 5.81. The highest BCUT2D eigenvalue weighted by Gasteiger charge is 2.42. The molecule has 20 heavy (non-hydrogen) atoms. The van der Waals surface area contributed by atoms with E-state index in [-0.39, 0.29) is 28.1 Å². The number of hydrogen-bond donors (Lipinski definition) is 2. The van der Waals surface area contributed by atoms with Gasteiger partial charge in [0.2, 0.25) is 10.0 Å². The minimum Gasteiger partial charge on any atom is -0.383 e. The lowest BCUT2D eigenvalue weighted by molar-refractivity contribution is 0.448. The van der Waals surface area contributed by atoms with Crippen LogP contribution in [0.5, 0.6) is 0 Å². The normalized spacial score (nSPS) is 26.2. The Kier molecular flexibility index (Phi) is 4.46. The molecule has 0 bridgehead atoms. The van der Waals surface area contributed by atoms with Gasteiger partial charge in [-0.1, -0.05) is 11.6 Å². The fourth-order valence-corrected chi connectivity index (χ4v) is 4.65. The SMILES string of the molecule is Cl.Nc1ncc(Cl)cc1S(=O)(=O)N1C[C@H]2CNC[C@H]2C1. The zero-order valence-electron chi connectivity index (χ0n) is 10.6. The van der Waals surface area contributed by atoms with Crippen LogP contribution in [0.1, 0.15) is 0 Å². The van der Waals surface area contributed by atoms with Crippen LogP contribution in [-0.4, -0.2) is 43.9 Å². The molecule has 0 aliphatic carbocycles.